The molecule has 1 aromatic carbocycles. The largest absolute Gasteiger partial charge is 0.321 e. The lowest BCUT2D eigenvalue weighted by molar-refractivity contribution is 0.741. The Bertz CT molecular complexity index is 535. The quantitative estimate of drug-likeness (QED) is 0.809. The smallest absolute Gasteiger partial charge is 0.0924 e. The molecule has 0 bridgehead atoms. The zero-order chi connectivity index (χ0) is 11.3. The first-order valence-electron chi connectivity index (χ1n) is 5.87. The van der Waals surface area contributed by atoms with E-state index >= 15 is 0 Å². The van der Waals surface area contributed by atoms with Crippen molar-refractivity contribution in [2.75, 3.05) is 0 Å². The van der Waals surface area contributed by atoms with Gasteiger partial charge in [-0.3, -0.25) is 5.10 Å². The molecular formula is C13H17N3. The summed E-state index contributed by atoms with van der Waals surface area (Å²) in [5, 5.41) is 8.67. The molecule has 3 N–H and O–H groups in total. The van der Waals surface area contributed by atoms with E-state index in [0.717, 1.165) is 18.4 Å². The van der Waals surface area contributed by atoms with Crippen LogP contribution >= 0.6 is 0 Å². The molecular weight excluding hydrogens is 198 g/mol. The minimum absolute atomic E-state index is 0.0558. The second kappa shape index (κ2) is 3.08. The van der Waals surface area contributed by atoms with E-state index in [1.54, 1.807) is 0 Å². The molecule has 3 heteroatoms. The van der Waals surface area contributed by atoms with Crippen molar-refractivity contribution in [1.29, 1.82) is 0 Å². The van der Waals surface area contributed by atoms with Crippen molar-refractivity contribution in [2.45, 2.75) is 38.1 Å². The third-order valence-electron chi connectivity index (χ3n) is 3.52. The Kier molecular flexibility index (Phi) is 1.89. The first-order chi connectivity index (χ1) is 7.60. The van der Waals surface area contributed by atoms with Crippen molar-refractivity contribution in [1.82, 2.24) is 10.2 Å². The normalized spacial score (nSPS) is 18.2. The maximum Gasteiger partial charge on any atom is 0.0924 e. The monoisotopic (exact) mass is 215 g/mol. The highest BCUT2D eigenvalue weighted by molar-refractivity contribution is 5.82. The van der Waals surface area contributed by atoms with Gasteiger partial charge in [-0.2, -0.15) is 5.10 Å². The van der Waals surface area contributed by atoms with Gasteiger partial charge in [0.2, 0.25) is 0 Å². The summed E-state index contributed by atoms with van der Waals surface area (Å²) in [5.41, 5.74) is 9.67. The Balaban J connectivity index is 2.18. The molecule has 1 aliphatic carbocycles. The van der Waals surface area contributed by atoms with E-state index in [1.807, 2.05) is 0 Å². The summed E-state index contributed by atoms with van der Waals surface area (Å²) in [6, 6.07) is 6.39. The second-order valence-electron chi connectivity index (χ2n) is 5.18. The molecule has 1 aromatic heterocycles. The van der Waals surface area contributed by atoms with Crippen molar-refractivity contribution in [3.8, 4) is 0 Å². The van der Waals surface area contributed by atoms with Gasteiger partial charge in [-0.25, -0.2) is 0 Å². The Morgan fingerprint density at radius 1 is 1.38 bits per heavy atom. The lowest BCUT2D eigenvalue weighted by Gasteiger charge is -2.09. The number of benzene rings is 1. The average molecular weight is 215 g/mol. The number of nitrogens with one attached hydrogen (secondary N) is 1. The van der Waals surface area contributed by atoms with E-state index in [1.165, 1.54) is 16.6 Å². The molecule has 0 spiro atoms. The third kappa shape index (κ3) is 1.35. The number of hydrogen-bond donors (Lipinski definition) is 2. The molecule has 1 saturated carbocycles. The van der Waals surface area contributed by atoms with E-state index in [4.69, 9.17) is 5.73 Å². The van der Waals surface area contributed by atoms with Crippen LogP contribution in [0.1, 0.15) is 43.9 Å². The summed E-state index contributed by atoms with van der Waals surface area (Å²) in [5.74, 6) is 0.466. The lowest BCUT2D eigenvalue weighted by Crippen LogP contribution is -2.18. The zero-order valence-electron chi connectivity index (χ0n) is 9.75. The van der Waals surface area contributed by atoms with Crippen LogP contribution in [0.25, 0.3) is 10.9 Å². The molecule has 0 unspecified atom stereocenters. The van der Waals surface area contributed by atoms with Gasteiger partial charge in [-0.1, -0.05) is 19.9 Å². The number of aromatic amines is 1. The molecule has 3 nitrogen and oxygen atoms in total. The van der Waals surface area contributed by atoms with Crippen LogP contribution in [0.4, 0.5) is 0 Å². The number of nitrogens with two attached hydrogens (primary N) is 1. The fourth-order valence-electron chi connectivity index (χ4n) is 2.20. The summed E-state index contributed by atoms with van der Waals surface area (Å²) in [4.78, 5) is 0. The van der Waals surface area contributed by atoms with Gasteiger partial charge in [0.25, 0.3) is 0 Å². The van der Waals surface area contributed by atoms with Crippen molar-refractivity contribution in [3.05, 3.63) is 29.5 Å². The molecule has 1 aliphatic rings. The van der Waals surface area contributed by atoms with E-state index < -0.39 is 0 Å². The maximum atomic E-state index is 6.22. The van der Waals surface area contributed by atoms with Gasteiger partial charge < -0.3 is 5.73 Å². The van der Waals surface area contributed by atoms with Gasteiger partial charge in [0.15, 0.2) is 0 Å². The maximum absolute atomic E-state index is 6.22. The van der Waals surface area contributed by atoms with E-state index in [2.05, 4.69) is 42.2 Å². The van der Waals surface area contributed by atoms with Crippen molar-refractivity contribution in [3.63, 3.8) is 0 Å². The van der Waals surface area contributed by atoms with E-state index in [0.29, 0.717) is 5.92 Å². The second-order valence-corrected chi connectivity index (χ2v) is 5.18. The number of hydrogen-bond acceptors (Lipinski definition) is 2. The minimum atomic E-state index is -0.0558. The van der Waals surface area contributed by atoms with Crippen LogP contribution in [0.15, 0.2) is 18.2 Å². The predicted octanol–water partition coefficient (Wildman–Crippen LogP) is 2.63. The molecule has 0 saturated heterocycles. The predicted molar refractivity (Wildman–Crippen MR) is 65.3 cm³/mol. The Labute approximate surface area is 95.0 Å². The summed E-state index contributed by atoms with van der Waals surface area (Å²) >= 11 is 0. The fourth-order valence-corrected chi connectivity index (χ4v) is 2.20. The van der Waals surface area contributed by atoms with E-state index in [-0.39, 0.29) is 5.54 Å². The van der Waals surface area contributed by atoms with Gasteiger partial charge in [0, 0.05) is 16.6 Å². The van der Waals surface area contributed by atoms with Crippen LogP contribution in [0.3, 0.4) is 0 Å². The molecule has 0 aliphatic heterocycles. The highest BCUT2D eigenvalue weighted by atomic mass is 15.1. The van der Waals surface area contributed by atoms with Gasteiger partial charge in [0.1, 0.15) is 0 Å². The van der Waals surface area contributed by atoms with Gasteiger partial charge in [-0.05, 0) is 36.5 Å². The van der Waals surface area contributed by atoms with E-state index in [9.17, 15) is 0 Å². The van der Waals surface area contributed by atoms with Crippen LogP contribution in [-0.2, 0) is 5.54 Å². The number of aromatic nitrogens is 2. The first kappa shape index (κ1) is 9.85. The van der Waals surface area contributed by atoms with Crippen LogP contribution in [0.5, 0.6) is 0 Å². The highest BCUT2D eigenvalue weighted by Gasteiger charge is 2.40. The molecule has 1 heterocycles. The number of fused-ring (bicyclic) bond motifs is 1. The minimum Gasteiger partial charge on any atom is -0.321 e. The number of H-pyrrole nitrogens is 1. The van der Waals surface area contributed by atoms with Crippen LogP contribution in [-0.4, -0.2) is 10.2 Å². The highest BCUT2D eigenvalue weighted by Crippen LogP contribution is 2.43. The van der Waals surface area contributed by atoms with Crippen molar-refractivity contribution >= 4 is 10.9 Å². The summed E-state index contributed by atoms with van der Waals surface area (Å²) < 4.78 is 0. The number of nitrogens with zero attached hydrogens (tertiary/aromatic N) is 1. The number of rotatable bonds is 2. The molecule has 2 aromatic rings. The molecule has 0 radical (unpaired) electrons. The third-order valence-corrected chi connectivity index (χ3v) is 3.52. The molecule has 84 valence electrons. The summed E-state index contributed by atoms with van der Waals surface area (Å²) in [7, 11) is 0. The van der Waals surface area contributed by atoms with Crippen molar-refractivity contribution in [2.24, 2.45) is 5.73 Å². The molecule has 16 heavy (non-hydrogen) atoms. The summed E-state index contributed by atoms with van der Waals surface area (Å²) in [6.45, 7) is 4.35. The van der Waals surface area contributed by atoms with Crippen LogP contribution < -0.4 is 5.73 Å². The Morgan fingerprint density at radius 2 is 2.12 bits per heavy atom. The molecule has 1 fully saturated rings. The molecule has 0 atom stereocenters. The topological polar surface area (TPSA) is 54.7 Å². The standard InChI is InChI=1S/C13H17N3/c1-8(2)12-10-7-9(13(14)5-6-13)3-4-11(10)15-16-12/h3-4,7-8H,5-6,14H2,1-2H3,(H,15,16). The first-order valence-corrected chi connectivity index (χ1v) is 5.87. The van der Waals surface area contributed by atoms with Gasteiger partial charge >= 0.3 is 0 Å². The SMILES string of the molecule is CC(C)c1[nH]nc2ccc(C3(N)CC3)cc12. The fraction of sp³-hybridized carbons (Fsp3) is 0.462. The Hall–Kier alpha value is -1.35. The Morgan fingerprint density at radius 3 is 2.75 bits per heavy atom. The molecule has 0 amide bonds. The molecule has 3 rings (SSSR count). The average Bonchev–Trinajstić information content (AvgIpc) is 2.87. The zero-order valence-corrected chi connectivity index (χ0v) is 9.75. The van der Waals surface area contributed by atoms with Crippen LogP contribution in [0.2, 0.25) is 0 Å². The van der Waals surface area contributed by atoms with Gasteiger partial charge in [0.05, 0.1) is 5.52 Å². The van der Waals surface area contributed by atoms with Crippen LogP contribution in [0, 0.1) is 0 Å². The lowest BCUT2D eigenvalue weighted by atomic mass is 10.00. The van der Waals surface area contributed by atoms with Gasteiger partial charge in [-0.15, -0.1) is 0 Å². The van der Waals surface area contributed by atoms with Crippen molar-refractivity contribution < 1.29 is 0 Å². The summed E-state index contributed by atoms with van der Waals surface area (Å²) in [6.07, 6.45) is 2.21.